The van der Waals surface area contributed by atoms with Crippen molar-refractivity contribution in [3.63, 3.8) is 0 Å². The summed E-state index contributed by atoms with van der Waals surface area (Å²) < 4.78 is 11.1. The zero-order valence-electron chi connectivity index (χ0n) is 17.1. The first-order chi connectivity index (χ1) is 13.4. The lowest BCUT2D eigenvalue weighted by molar-refractivity contribution is -0.114. The van der Waals surface area contributed by atoms with Crippen LogP contribution in [0.2, 0.25) is 0 Å². The van der Waals surface area contributed by atoms with E-state index in [1.54, 1.807) is 32.3 Å². The number of hydrogen-bond donors (Lipinski definition) is 2. The zero-order chi connectivity index (χ0) is 20.5. The van der Waals surface area contributed by atoms with E-state index in [0.29, 0.717) is 23.8 Å². The van der Waals surface area contributed by atoms with Crippen LogP contribution in [0.15, 0.2) is 48.5 Å². The zero-order valence-corrected chi connectivity index (χ0v) is 17.9. The van der Waals surface area contributed by atoms with E-state index in [2.05, 4.69) is 10.6 Å². The average Bonchev–Trinajstić information content (AvgIpc) is 2.66. The van der Waals surface area contributed by atoms with Crippen molar-refractivity contribution in [2.75, 3.05) is 33.1 Å². The van der Waals surface area contributed by atoms with Gasteiger partial charge in [0.05, 0.1) is 6.61 Å². The molecule has 0 aliphatic heterocycles. The van der Waals surface area contributed by atoms with Crippen LogP contribution < -0.4 is 20.1 Å². The lowest BCUT2D eigenvalue weighted by atomic mass is 10.0. The molecule has 1 unspecified atom stereocenters. The Labute approximate surface area is 177 Å². The molecule has 0 saturated carbocycles. The summed E-state index contributed by atoms with van der Waals surface area (Å²) in [5.41, 5.74) is 1.78. The third-order valence-electron chi connectivity index (χ3n) is 4.03. The Hall–Kier alpha value is -2.77. The van der Waals surface area contributed by atoms with Gasteiger partial charge in [0.2, 0.25) is 5.91 Å². The number of benzene rings is 2. The lowest BCUT2D eigenvalue weighted by Gasteiger charge is -2.18. The molecular formula is C21H28ClN3O4. The van der Waals surface area contributed by atoms with Gasteiger partial charge in [-0.1, -0.05) is 18.2 Å². The number of carbonyl (C=O) groups is 2. The number of rotatable bonds is 8. The Morgan fingerprint density at radius 2 is 1.76 bits per heavy atom. The van der Waals surface area contributed by atoms with E-state index < -0.39 is 6.09 Å². The fourth-order valence-electron chi connectivity index (χ4n) is 2.60. The fourth-order valence-corrected chi connectivity index (χ4v) is 2.60. The molecule has 1 atom stereocenters. The minimum absolute atomic E-state index is 0. The summed E-state index contributed by atoms with van der Waals surface area (Å²) in [6.07, 6.45) is 0.338. The van der Waals surface area contributed by atoms with Crippen molar-refractivity contribution >= 4 is 30.1 Å². The highest BCUT2D eigenvalue weighted by Gasteiger charge is 2.11. The number of ether oxygens (including phenoxy) is 2. The van der Waals surface area contributed by atoms with Gasteiger partial charge in [0, 0.05) is 45.2 Å². The number of hydrogen-bond acceptors (Lipinski definition) is 5. The molecule has 0 heterocycles. The molecule has 0 aliphatic rings. The summed E-state index contributed by atoms with van der Waals surface area (Å²) in [6, 6.07) is 14.8. The third-order valence-corrected chi connectivity index (χ3v) is 4.03. The second-order valence-electron chi connectivity index (χ2n) is 6.52. The van der Waals surface area contributed by atoms with Crippen LogP contribution in [-0.2, 0) is 4.79 Å². The Morgan fingerprint density at radius 1 is 1.07 bits per heavy atom. The first-order valence-electron chi connectivity index (χ1n) is 9.06. The molecule has 0 radical (unpaired) electrons. The van der Waals surface area contributed by atoms with Crippen LogP contribution in [-0.4, -0.2) is 44.7 Å². The predicted molar refractivity (Wildman–Crippen MR) is 116 cm³/mol. The van der Waals surface area contributed by atoms with Gasteiger partial charge in [-0.15, -0.1) is 12.4 Å². The molecule has 0 aromatic heterocycles. The molecule has 0 saturated heterocycles. The molecule has 7 nitrogen and oxygen atoms in total. The van der Waals surface area contributed by atoms with Crippen LogP contribution in [0.3, 0.4) is 0 Å². The quantitative estimate of drug-likeness (QED) is 0.676. The standard InChI is InChI=1S/C21H27N3O4.ClH/c1-15(25)23-17-6-5-7-19(14-17)27-13-12-20(22-2)16-8-10-18(11-9-16)28-21(26)24(3)4;/h5-11,14,20,22H,12-13H2,1-4H3,(H,23,25);1H. The van der Waals surface area contributed by atoms with Gasteiger partial charge in [0.25, 0.3) is 0 Å². The minimum Gasteiger partial charge on any atom is -0.493 e. The lowest BCUT2D eigenvalue weighted by Crippen LogP contribution is -2.25. The second kappa shape index (κ2) is 11.9. The summed E-state index contributed by atoms with van der Waals surface area (Å²) in [5.74, 6) is 1.09. The SMILES string of the molecule is CNC(CCOc1cccc(NC(C)=O)c1)c1ccc(OC(=O)N(C)C)cc1.Cl. The molecule has 0 aliphatic carbocycles. The molecule has 2 amide bonds. The molecule has 2 aromatic carbocycles. The fraction of sp³-hybridized carbons (Fsp3) is 0.333. The Kier molecular flexibility index (Phi) is 9.99. The van der Waals surface area contributed by atoms with E-state index in [1.807, 2.05) is 37.4 Å². The maximum absolute atomic E-state index is 11.6. The summed E-state index contributed by atoms with van der Waals surface area (Å²) >= 11 is 0. The van der Waals surface area contributed by atoms with Gasteiger partial charge in [-0.3, -0.25) is 4.79 Å². The number of amides is 2. The second-order valence-corrected chi connectivity index (χ2v) is 6.52. The molecule has 0 spiro atoms. The van der Waals surface area contributed by atoms with E-state index in [4.69, 9.17) is 9.47 Å². The van der Waals surface area contributed by atoms with Gasteiger partial charge in [0.1, 0.15) is 11.5 Å². The molecule has 0 fully saturated rings. The average molecular weight is 422 g/mol. The monoisotopic (exact) mass is 421 g/mol. The highest BCUT2D eigenvalue weighted by atomic mass is 35.5. The smallest absolute Gasteiger partial charge is 0.414 e. The van der Waals surface area contributed by atoms with Crippen molar-refractivity contribution in [2.24, 2.45) is 0 Å². The Balaban J connectivity index is 0.00000420. The maximum Gasteiger partial charge on any atom is 0.414 e. The first-order valence-corrected chi connectivity index (χ1v) is 9.06. The van der Waals surface area contributed by atoms with Gasteiger partial charge >= 0.3 is 6.09 Å². The predicted octanol–water partition coefficient (Wildman–Crippen LogP) is 3.86. The van der Waals surface area contributed by atoms with Crippen LogP contribution in [0.1, 0.15) is 24.9 Å². The number of carbonyl (C=O) groups excluding carboxylic acids is 2. The normalized spacial score (nSPS) is 11.0. The van der Waals surface area contributed by atoms with E-state index in [1.165, 1.54) is 11.8 Å². The van der Waals surface area contributed by atoms with Gasteiger partial charge in [-0.2, -0.15) is 0 Å². The van der Waals surface area contributed by atoms with E-state index in [9.17, 15) is 9.59 Å². The summed E-state index contributed by atoms with van der Waals surface area (Å²) in [4.78, 5) is 24.1. The summed E-state index contributed by atoms with van der Waals surface area (Å²) in [6.45, 7) is 1.98. The topological polar surface area (TPSA) is 79.9 Å². The number of halogens is 1. The number of anilines is 1. The van der Waals surface area contributed by atoms with E-state index in [0.717, 1.165) is 12.0 Å². The van der Waals surface area contributed by atoms with Crippen molar-refractivity contribution in [1.29, 1.82) is 0 Å². The molecule has 2 rings (SSSR count). The van der Waals surface area contributed by atoms with Crippen molar-refractivity contribution in [3.05, 3.63) is 54.1 Å². The summed E-state index contributed by atoms with van der Waals surface area (Å²) in [7, 11) is 5.17. The first kappa shape index (κ1) is 24.3. The van der Waals surface area contributed by atoms with Gasteiger partial charge < -0.3 is 25.0 Å². The molecule has 2 aromatic rings. The highest BCUT2D eigenvalue weighted by Crippen LogP contribution is 2.22. The van der Waals surface area contributed by atoms with Crippen molar-refractivity contribution < 1.29 is 19.1 Å². The molecule has 158 valence electrons. The minimum atomic E-state index is -0.409. The van der Waals surface area contributed by atoms with Crippen molar-refractivity contribution in [1.82, 2.24) is 10.2 Å². The maximum atomic E-state index is 11.6. The molecular weight excluding hydrogens is 394 g/mol. The Bertz CT molecular complexity index is 797. The van der Waals surface area contributed by atoms with E-state index >= 15 is 0 Å². The number of nitrogens with one attached hydrogen (secondary N) is 2. The molecule has 0 bridgehead atoms. The summed E-state index contributed by atoms with van der Waals surface area (Å²) in [5, 5.41) is 6.00. The van der Waals surface area contributed by atoms with Gasteiger partial charge in [0.15, 0.2) is 0 Å². The van der Waals surface area contributed by atoms with Crippen molar-refractivity contribution in [3.8, 4) is 11.5 Å². The van der Waals surface area contributed by atoms with Crippen LogP contribution in [0.4, 0.5) is 10.5 Å². The largest absolute Gasteiger partial charge is 0.493 e. The molecule has 8 heteroatoms. The number of nitrogens with zero attached hydrogens (tertiary/aromatic N) is 1. The molecule has 29 heavy (non-hydrogen) atoms. The van der Waals surface area contributed by atoms with Crippen LogP contribution >= 0.6 is 12.4 Å². The van der Waals surface area contributed by atoms with Crippen LogP contribution in [0.25, 0.3) is 0 Å². The third kappa shape index (κ3) is 8.01. The van der Waals surface area contributed by atoms with Gasteiger partial charge in [-0.25, -0.2) is 4.79 Å². The van der Waals surface area contributed by atoms with Gasteiger partial charge in [-0.05, 0) is 36.9 Å². The van der Waals surface area contributed by atoms with Crippen LogP contribution in [0, 0.1) is 0 Å². The van der Waals surface area contributed by atoms with E-state index in [-0.39, 0.29) is 24.4 Å². The highest BCUT2D eigenvalue weighted by molar-refractivity contribution is 5.88. The van der Waals surface area contributed by atoms with Crippen molar-refractivity contribution in [2.45, 2.75) is 19.4 Å². The molecule has 2 N–H and O–H groups in total. The Morgan fingerprint density at radius 3 is 2.34 bits per heavy atom. The van der Waals surface area contributed by atoms with Crippen LogP contribution in [0.5, 0.6) is 11.5 Å².